The lowest BCUT2D eigenvalue weighted by Gasteiger charge is -2.18. The third-order valence-electron chi connectivity index (χ3n) is 4.09. The van der Waals surface area contributed by atoms with Crippen molar-refractivity contribution in [3.8, 4) is 0 Å². The molecule has 0 bridgehead atoms. The topological polar surface area (TPSA) is 69.7 Å². The van der Waals surface area contributed by atoms with E-state index in [1.54, 1.807) is 24.3 Å². The van der Waals surface area contributed by atoms with Gasteiger partial charge in [0.25, 0.3) is 11.8 Å². The molecule has 0 spiro atoms. The quantitative estimate of drug-likeness (QED) is 0.730. The highest BCUT2D eigenvalue weighted by atomic mass is 16.2. The molecule has 1 heterocycles. The van der Waals surface area contributed by atoms with Crippen LogP contribution in [0.2, 0.25) is 0 Å². The lowest BCUT2D eigenvalue weighted by atomic mass is 10.1. The zero-order valence-electron chi connectivity index (χ0n) is 13.7. The van der Waals surface area contributed by atoms with Gasteiger partial charge < -0.3 is 10.2 Å². The Labute approximate surface area is 136 Å². The van der Waals surface area contributed by atoms with Gasteiger partial charge in [0.1, 0.15) is 0 Å². The van der Waals surface area contributed by atoms with Gasteiger partial charge in [0.15, 0.2) is 0 Å². The lowest BCUT2D eigenvalue weighted by molar-refractivity contribution is -0.121. The molecule has 6 heteroatoms. The molecule has 1 aromatic rings. The largest absolute Gasteiger partial charge is 0.355 e. The molecule has 1 N–H and O–H groups in total. The summed E-state index contributed by atoms with van der Waals surface area (Å²) < 4.78 is 0. The first-order valence-corrected chi connectivity index (χ1v) is 8.02. The SMILES string of the molecule is CCN(CC)CCNC(=O)CCN1C(=O)c2ccccc2C1=O. The fraction of sp³-hybridized carbons (Fsp3) is 0.471. The van der Waals surface area contributed by atoms with Crippen molar-refractivity contribution in [1.29, 1.82) is 0 Å². The van der Waals surface area contributed by atoms with Crippen LogP contribution in [0.3, 0.4) is 0 Å². The van der Waals surface area contributed by atoms with Crippen LogP contribution < -0.4 is 5.32 Å². The van der Waals surface area contributed by atoms with E-state index >= 15 is 0 Å². The number of carbonyl (C=O) groups excluding carboxylic acids is 3. The normalized spacial score (nSPS) is 13.6. The molecule has 0 saturated heterocycles. The number of nitrogens with zero attached hydrogens (tertiary/aromatic N) is 2. The van der Waals surface area contributed by atoms with Gasteiger partial charge in [-0.15, -0.1) is 0 Å². The Morgan fingerprint density at radius 1 is 1.09 bits per heavy atom. The second kappa shape index (κ2) is 7.87. The average Bonchev–Trinajstić information content (AvgIpc) is 2.81. The maximum absolute atomic E-state index is 12.2. The van der Waals surface area contributed by atoms with E-state index < -0.39 is 0 Å². The predicted molar refractivity (Wildman–Crippen MR) is 87.2 cm³/mol. The Hall–Kier alpha value is -2.21. The van der Waals surface area contributed by atoms with Gasteiger partial charge in [0, 0.05) is 26.1 Å². The van der Waals surface area contributed by atoms with Gasteiger partial charge in [0.05, 0.1) is 11.1 Å². The molecule has 124 valence electrons. The summed E-state index contributed by atoms with van der Waals surface area (Å²) in [4.78, 5) is 39.6. The first-order valence-electron chi connectivity index (χ1n) is 8.02. The van der Waals surface area contributed by atoms with Crippen LogP contribution >= 0.6 is 0 Å². The number of fused-ring (bicyclic) bond motifs is 1. The number of hydrogen-bond donors (Lipinski definition) is 1. The first-order chi connectivity index (χ1) is 11.1. The van der Waals surface area contributed by atoms with Crippen molar-refractivity contribution < 1.29 is 14.4 Å². The molecule has 3 amide bonds. The van der Waals surface area contributed by atoms with Crippen molar-refractivity contribution in [1.82, 2.24) is 15.1 Å². The minimum Gasteiger partial charge on any atom is -0.355 e. The Kier molecular flexibility index (Phi) is 5.87. The molecule has 1 aliphatic heterocycles. The third-order valence-corrected chi connectivity index (χ3v) is 4.09. The highest BCUT2D eigenvalue weighted by molar-refractivity contribution is 6.21. The molecule has 0 saturated carbocycles. The number of carbonyl (C=O) groups is 3. The van der Waals surface area contributed by atoms with Crippen LogP contribution in [-0.4, -0.2) is 60.2 Å². The van der Waals surface area contributed by atoms with Crippen LogP contribution in [0, 0.1) is 0 Å². The Balaban J connectivity index is 1.80. The molecular weight excluding hydrogens is 294 g/mol. The fourth-order valence-corrected chi connectivity index (χ4v) is 2.64. The van der Waals surface area contributed by atoms with Crippen LogP contribution in [0.5, 0.6) is 0 Å². The summed E-state index contributed by atoms with van der Waals surface area (Å²) >= 11 is 0. The minimum absolute atomic E-state index is 0.115. The molecule has 2 rings (SSSR count). The van der Waals surface area contributed by atoms with Crippen molar-refractivity contribution in [3.05, 3.63) is 35.4 Å². The van der Waals surface area contributed by atoms with Crippen LogP contribution in [0.25, 0.3) is 0 Å². The molecular formula is C17H23N3O3. The van der Waals surface area contributed by atoms with Crippen molar-refractivity contribution in [3.63, 3.8) is 0 Å². The summed E-state index contributed by atoms with van der Waals surface area (Å²) in [7, 11) is 0. The maximum Gasteiger partial charge on any atom is 0.261 e. The third kappa shape index (κ3) is 3.96. The average molecular weight is 317 g/mol. The van der Waals surface area contributed by atoms with E-state index in [0.717, 1.165) is 24.5 Å². The number of nitrogens with one attached hydrogen (secondary N) is 1. The molecule has 0 aromatic heterocycles. The molecule has 1 aromatic carbocycles. The van der Waals surface area contributed by atoms with Gasteiger partial charge in [-0.1, -0.05) is 26.0 Å². The number of likely N-dealkylation sites (N-methyl/N-ethyl adjacent to an activating group) is 1. The van der Waals surface area contributed by atoms with Crippen molar-refractivity contribution >= 4 is 17.7 Å². The Bertz CT molecular complexity index is 562. The number of amides is 3. The maximum atomic E-state index is 12.2. The van der Waals surface area contributed by atoms with E-state index in [2.05, 4.69) is 24.1 Å². The molecule has 0 atom stereocenters. The van der Waals surface area contributed by atoms with Crippen LogP contribution in [-0.2, 0) is 4.79 Å². The zero-order valence-corrected chi connectivity index (χ0v) is 13.7. The van der Waals surface area contributed by atoms with Crippen molar-refractivity contribution in [2.45, 2.75) is 20.3 Å². The molecule has 0 aliphatic carbocycles. The standard InChI is InChI=1S/C17H23N3O3/c1-3-19(4-2)12-10-18-15(21)9-11-20-16(22)13-7-5-6-8-14(13)17(20)23/h5-8H,3-4,9-12H2,1-2H3,(H,18,21). The molecule has 1 aliphatic rings. The van der Waals surface area contributed by atoms with Gasteiger partial charge in [-0.25, -0.2) is 0 Å². The predicted octanol–water partition coefficient (Wildman–Crippen LogP) is 1.13. The molecule has 0 unspecified atom stereocenters. The second-order valence-corrected chi connectivity index (χ2v) is 5.43. The zero-order chi connectivity index (χ0) is 16.8. The summed E-state index contributed by atoms with van der Waals surface area (Å²) in [6, 6.07) is 6.74. The van der Waals surface area contributed by atoms with Gasteiger partial charge in [-0.3, -0.25) is 19.3 Å². The molecule has 6 nitrogen and oxygen atoms in total. The first kappa shape index (κ1) is 17.1. The number of benzene rings is 1. The second-order valence-electron chi connectivity index (χ2n) is 5.43. The number of imide groups is 1. The molecule has 0 fully saturated rings. The molecule has 0 radical (unpaired) electrons. The lowest BCUT2D eigenvalue weighted by Crippen LogP contribution is -2.37. The smallest absolute Gasteiger partial charge is 0.261 e. The number of hydrogen-bond acceptors (Lipinski definition) is 4. The van der Waals surface area contributed by atoms with E-state index in [-0.39, 0.29) is 30.7 Å². The summed E-state index contributed by atoms with van der Waals surface area (Å²) in [5, 5.41) is 2.83. The van der Waals surface area contributed by atoms with Gasteiger partial charge >= 0.3 is 0 Å². The Morgan fingerprint density at radius 3 is 2.17 bits per heavy atom. The van der Waals surface area contributed by atoms with E-state index in [1.807, 2.05) is 0 Å². The van der Waals surface area contributed by atoms with Crippen LogP contribution in [0.4, 0.5) is 0 Å². The van der Waals surface area contributed by atoms with E-state index in [0.29, 0.717) is 17.7 Å². The Morgan fingerprint density at radius 2 is 1.65 bits per heavy atom. The highest BCUT2D eigenvalue weighted by Gasteiger charge is 2.34. The molecule has 23 heavy (non-hydrogen) atoms. The van der Waals surface area contributed by atoms with Gasteiger partial charge in [0.2, 0.25) is 5.91 Å². The number of rotatable bonds is 8. The minimum atomic E-state index is -0.318. The van der Waals surface area contributed by atoms with Gasteiger partial charge in [-0.2, -0.15) is 0 Å². The van der Waals surface area contributed by atoms with Crippen LogP contribution in [0.15, 0.2) is 24.3 Å². The van der Waals surface area contributed by atoms with Crippen molar-refractivity contribution in [2.75, 3.05) is 32.7 Å². The summed E-state index contributed by atoms with van der Waals surface area (Å²) in [6.07, 6.45) is 0.129. The van der Waals surface area contributed by atoms with Crippen molar-refractivity contribution in [2.24, 2.45) is 0 Å². The summed E-state index contributed by atoms with van der Waals surface area (Å²) in [5.74, 6) is -0.781. The van der Waals surface area contributed by atoms with E-state index in [4.69, 9.17) is 0 Å². The van der Waals surface area contributed by atoms with E-state index in [1.165, 1.54) is 0 Å². The monoisotopic (exact) mass is 317 g/mol. The summed E-state index contributed by atoms with van der Waals surface area (Å²) in [5.41, 5.74) is 0.832. The fourth-order valence-electron chi connectivity index (χ4n) is 2.64. The van der Waals surface area contributed by atoms with E-state index in [9.17, 15) is 14.4 Å². The van der Waals surface area contributed by atoms with Crippen LogP contribution in [0.1, 0.15) is 41.0 Å². The van der Waals surface area contributed by atoms with Gasteiger partial charge in [-0.05, 0) is 25.2 Å². The highest BCUT2D eigenvalue weighted by Crippen LogP contribution is 2.22. The summed E-state index contributed by atoms with van der Waals surface area (Å²) in [6.45, 7) is 7.53.